The van der Waals surface area contributed by atoms with Gasteiger partial charge in [0.15, 0.2) is 24.3 Å². The molecular weight excluding hydrogens is 304 g/mol. The van der Waals surface area contributed by atoms with E-state index >= 15 is 0 Å². The van der Waals surface area contributed by atoms with E-state index in [1.807, 2.05) is 0 Å². The molecule has 0 spiro atoms. The highest BCUT2D eigenvalue weighted by atomic mass is 32.3. The summed E-state index contributed by atoms with van der Waals surface area (Å²) in [5.41, 5.74) is -0.158. The van der Waals surface area contributed by atoms with Crippen LogP contribution in [0.15, 0.2) is 48.2 Å². The fourth-order valence-corrected chi connectivity index (χ4v) is 4.91. The first-order chi connectivity index (χ1) is 9.15. The van der Waals surface area contributed by atoms with Crippen molar-refractivity contribution in [3.05, 3.63) is 59.4 Å². The second-order valence-corrected chi connectivity index (χ2v) is 8.03. The molecule has 0 aliphatic heterocycles. The monoisotopic (exact) mass is 316 g/mol. The van der Waals surface area contributed by atoms with Crippen LogP contribution in [0.4, 0.5) is 0 Å². The molecule has 1 rings (SSSR count). The molecular formula is C12H12O6S2. The molecule has 0 unspecified atom stereocenters. The van der Waals surface area contributed by atoms with Crippen LogP contribution >= 0.6 is 0 Å². The van der Waals surface area contributed by atoms with Crippen molar-refractivity contribution in [3.63, 3.8) is 0 Å². The highest BCUT2D eigenvalue weighted by Gasteiger charge is 2.35. The van der Waals surface area contributed by atoms with Crippen LogP contribution in [0.1, 0.15) is 20.5 Å². The van der Waals surface area contributed by atoms with Crippen LogP contribution < -0.4 is 0 Å². The second-order valence-electron chi connectivity index (χ2n) is 3.77. The van der Waals surface area contributed by atoms with Gasteiger partial charge in [0, 0.05) is 10.8 Å². The van der Waals surface area contributed by atoms with Crippen molar-refractivity contribution in [3.8, 4) is 0 Å². The molecule has 0 aliphatic rings. The zero-order valence-electron chi connectivity index (χ0n) is 10.3. The number of hydrogen-bond acceptors (Lipinski definition) is 5. The first-order valence-electron chi connectivity index (χ1n) is 5.21. The first-order valence-corrected chi connectivity index (χ1v) is 8.43. The zero-order valence-corrected chi connectivity index (χ0v) is 11.9. The number of carboxylic acids is 1. The number of sulfone groups is 2. The molecule has 1 aromatic rings. The lowest BCUT2D eigenvalue weighted by molar-refractivity contribution is 0.0697. The number of carboxylic acid groups (broad SMARTS) is 1. The summed E-state index contributed by atoms with van der Waals surface area (Å²) in [4.78, 5) is 10.7. The van der Waals surface area contributed by atoms with Gasteiger partial charge in [0.1, 0.15) is 0 Å². The summed E-state index contributed by atoms with van der Waals surface area (Å²) in [5, 5.41) is 9.85. The van der Waals surface area contributed by atoms with Gasteiger partial charge in [-0.2, -0.15) is 0 Å². The van der Waals surface area contributed by atoms with E-state index in [0.29, 0.717) is 10.8 Å². The maximum atomic E-state index is 11.9. The SMILES string of the molecule is C=CS(=O)(=O)C(c1ccc(C(=O)O)cc1)S(=O)(=O)C=C. The molecule has 20 heavy (non-hydrogen) atoms. The van der Waals surface area contributed by atoms with Gasteiger partial charge in [0.25, 0.3) is 0 Å². The summed E-state index contributed by atoms with van der Waals surface area (Å²) in [5.74, 6) is -1.20. The predicted octanol–water partition coefficient (Wildman–Crippen LogP) is 1.50. The Morgan fingerprint density at radius 1 is 1.00 bits per heavy atom. The maximum Gasteiger partial charge on any atom is 0.335 e. The smallest absolute Gasteiger partial charge is 0.335 e. The molecule has 1 aromatic carbocycles. The topological polar surface area (TPSA) is 106 Å². The first kappa shape index (κ1) is 16.1. The van der Waals surface area contributed by atoms with Gasteiger partial charge in [-0.3, -0.25) is 0 Å². The molecule has 0 atom stereocenters. The average Bonchev–Trinajstić information content (AvgIpc) is 2.39. The third kappa shape index (κ3) is 3.14. The van der Waals surface area contributed by atoms with Crippen LogP contribution in [0.5, 0.6) is 0 Å². The zero-order chi connectivity index (χ0) is 15.6. The van der Waals surface area contributed by atoms with Gasteiger partial charge < -0.3 is 5.11 Å². The maximum absolute atomic E-state index is 11.9. The number of carbonyl (C=O) groups is 1. The third-order valence-corrected chi connectivity index (χ3v) is 6.77. The van der Waals surface area contributed by atoms with Gasteiger partial charge in [-0.05, 0) is 17.7 Å². The average molecular weight is 316 g/mol. The fourth-order valence-electron chi connectivity index (χ4n) is 1.52. The molecule has 6 nitrogen and oxygen atoms in total. The molecule has 0 heterocycles. The lowest BCUT2D eigenvalue weighted by atomic mass is 10.1. The molecule has 0 bridgehead atoms. The molecule has 0 saturated carbocycles. The molecule has 108 valence electrons. The van der Waals surface area contributed by atoms with Gasteiger partial charge in [-0.1, -0.05) is 25.3 Å². The Balaban J connectivity index is 3.51. The van der Waals surface area contributed by atoms with Crippen molar-refractivity contribution in [1.29, 1.82) is 0 Å². The Labute approximate surface area is 116 Å². The summed E-state index contributed by atoms with van der Waals surface area (Å²) < 4.78 is 45.6. The second kappa shape index (κ2) is 5.59. The minimum Gasteiger partial charge on any atom is -0.478 e. The molecule has 0 radical (unpaired) electrons. The Hall–Kier alpha value is -1.93. The van der Waals surface area contributed by atoms with E-state index in [1.54, 1.807) is 0 Å². The van der Waals surface area contributed by atoms with E-state index < -0.39 is 30.2 Å². The van der Waals surface area contributed by atoms with E-state index in [0.717, 1.165) is 24.3 Å². The van der Waals surface area contributed by atoms with Gasteiger partial charge in [0.2, 0.25) is 0 Å². The van der Waals surface area contributed by atoms with Crippen LogP contribution in [0.2, 0.25) is 0 Å². The van der Waals surface area contributed by atoms with Crippen molar-refractivity contribution < 1.29 is 26.7 Å². The lowest BCUT2D eigenvalue weighted by Crippen LogP contribution is -2.19. The minimum atomic E-state index is -4.16. The van der Waals surface area contributed by atoms with Crippen LogP contribution in [-0.2, 0) is 19.7 Å². The normalized spacial score (nSPS) is 12.1. The van der Waals surface area contributed by atoms with Crippen molar-refractivity contribution >= 4 is 25.6 Å². The largest absolute Gasteiger partial charge is 0.478 e. The summed E-state index contributed by atoms with van der Waals surface area (Å²) >= 11 is 0. The van der Waals surface area contributed by atoms with Crippen LogP contribution in [0.3, 0.4) is 0 Å². The van der Waals surface area contributed by atoms with E-state index in [1.165, 1.54) is 0 Å². The molecule has 1 N–H and O–H groups in total. The summed E-state index contributed by atoms with van der Waals surface area (Å²) in [6, 6.07) is 4.52. The highest BCUT2D eigenvalue weighted by Crippen LogP contribution is 2.31. The quantitative estimate of drug-likeness (QED) is 0.852. The Kier molecular flexibility index (Phi) is 4.51. The number of aromatic carboxylic acids is 1. The highest BCUT2D eigenvalue weighted by molar-refractivity contribution is 8.11. The Bertz CT molecular complexity index is 704. The van der Waals surface area contributed by atoms with E-state index in [2.05, 4.69) is 13.2 Å². The van der Waals surface area contributed by atoms with Crippen LogP contribution in [0, 0.1) is 0 Å². The number of rotatable bonds is 6. The van der Waals surface area contributed by atoms with Crippen molar-refractivity contribution in [2.24, 2.45) is 0 Å². The summed E-state index contributed by atoms with van der Waals surface area (Å²) in [7, 11) is -8.32. The number of hydrogen-bond donors (Lipinski definition) is 1. The molecule has 0 saturated heterocycles. The number of benzene rings is 1. The van der Waals surface area contributed by atoms with Gasteiger partial charge in [-0.25, -0.2) is 21.6 Å². The van der Waals surface area contributed by atoms with Crippen molar-refractivity contribution in [2.45, 2.75) is 4.58 Å². The van der Waals surface area contributed by atoms with E-state index in [9.17, 15) is 21.6 Å². The fraction of sp³-hybridized carbons (Fsp3) is 0.0833. The standard InChI is InChI=1S/C12H12O6S2/c1-3-19(15,16)12(20(17,18)4-2)10-7-5-9(6-8-10)11(13)14/h3-8,12H,1-2H2,(H,13,14). The third-order valence-electron chi connectivity index (χ3n) is 2.49. The Morgan fingerprint density at radius 2 is 1.40 bits per heavy atom. The van der Waals surface area contributed by atoms with Crippen LogP contribution in [0.25, 0.3) is 0 Å². The lowest BCUT2D eigenvalue weighted by Gasteiger charge is -2.14. The molecule has 0 aliphatic carbocycles. The van der Waals surface area contributed by atoms with Gasteiger partial charge in [0.05, 0.1) is 5.56 Å². The van der Waals surface area contributed by atoms with Gasteiger partial charge >= 0.3 is 5.97 Å². The molecule has 0 aromatic heterocycles. The van der Waals surface area contributed by atoms with Crippen molar-refractivity contribution in [1.82, 2.24) is 0 Å². The predicted molar refractivity (Wildman–Crippen MR) is 74.4 cm³/mol. The molecule has 0 fully saturated rings. The van der Waals surface area contributed by atoms with Crippen molar-refractivity contribution in [2.75, 3.05) is 0 Å². The van der Waals surface area contributed by atoms with Gasteiger partial charge in [-0.15, -0.1) is 0 Å². The molecule has 0 amide bonds. The minimum absolute atomic E-state index is 0.0743. The molecule has 8 heteroatoms. The van der Waals surface area contributed by atoms with Crippen LogP contribution in [-0.4, -0.2) is 27.9 Å². The van der Waals surface area contributed by atoms with E-state index in [-0.39, 0.29) is 11.1 Å². The summed E-state index contributed by atoms with van der Waals surface area (Å²) in [6.07, 6.45) is 0. The van der Waals surface area contributed by atoms with E-state index in [4.69, 9.17) is 5.11 Å². The Morgan fingerprint density at radius 3 is 1.70 bits per heavy atom. The summed E-state index contributed by atoms with van der Waals surface area (Å²) in [6.45, 7) is 6.18.